The number of pyridine rings is 1. The molecule has 0 spiro atoms. The SMILES string of the molecule is CCCC(NC)C(CC)c1ccc(F)cn1. The molecule has 1 aromatic rings. The van der Waals surface area contributed by atoms with E-state index in [0.717, 1.165) is 25.0 Å². The van der Waals surface area contributed by atoms with Gasteiger partial charge in [-0.15, -0.1) is 0 Å². The fourth-order valence-electron chi connectivity index (χ4n) is 2.16. The van der Waals surface area contributed by atoms with E-state index in [0.29, 0.717) is 12.0 Å². The van der Waals surface area contributed by atoms with Crippen LogP contribution in [0.25, 0.3) is 0 Å². The highest BCUT2D eigenvalue weighted by Crippen LogP contribution is 2.24. The first kappa shape index (κ1) is 13.1. The Bertz CT molecular complexity index is 297. The third kappa shape index (κ3) is 3.27. The smallest absolute Gasteiger partial charge is 0.141 e. The number of halogens is 1. The molecule has 0 aliphatic heterocycles. The van der Waals surface area contributed by atoms with E-state index in [1.165, 1.54) is 12.3 Å². The fraction of sp³-hybridized carbons (Fsp3) is 0.615. The largest absolute Gasteiger partial charge is 0.316 e. The van der Waals surface area contributed by atoms with Crippen LogP contribution >= 0.6 is 0 Å². The van der Waals surface area contributed by atoms with Gasteiger partial charge in [0.05, 0.1) is 6.20 Å². The second-order valence-electron chi connectivity index (χ2n) is 4.10. The average Bonchev–Trinajstić information content (AvgIpc) is 2.31. The van der Waals surface area contributed by atoms with Crippen molar-refractivity contribution in [1.82, 2.24) is 10.3 Å². The molecule has 1 aromatic heterocycles. The van der Waals surface area contributed by atoms with E-state index in [1.807, 2.05) is 7.05 Å². The molecule has 2 atom stereocenters. The summed E-state index contributed by atoms with van der Waals surface area (Å²) in [5.41, 5.74) is 0.983. The minimum atomic E-state index is -0.268. The first-order chi connectivity index (χ1) is 7.72. The van der Waals surface area contributed by atoms with Crippen molar-refractivity contribution in [2.75, 3.05) is 7.05 Å². The third-order valence-electron chi connectivity index (χ3n) is 3.03. The van der Waals surface area contributed by atoms with E-state index >= 15 is 0 Å². The van der Waals surface area contributed by atoms with Gasteiger partial charge in [0.2, 0.25) is 0 Å². The fourth-order valence-corrected chi connectivity index (χ4v) is 2.16. The van der Waals surface area contributed by atoms with Gasteiger partial charge in [0.15, 0.2) is 0 Å². The first-order valence-electron chi connectivity index (χ1n) is 6.01. The average molecular weight is 224 g/mol. The lowest BCUT2D eigenvalue weighted by atomic mass is 9.90. The zero-order chi connectivity index (χ0) is 12.0. The van der Waals surface area contributed by atoms with Crippen LogP contribution in [0.2, 0.25) is 0 Å². The minimum Gasteiger partial charge on any atom is -0.316 e. The molecule has 0 saturated heterocycles. The Kier molecular flexibility index (Phi) is 5.39. The molecule has 0 aromatic carbocycles. The van der Waals surface area contributed by atoms with Crippen molar-refractivity contribution < 1.29 is 4.39 Å². The van der Waals surface area contributed by atoms with Gasteiger partial charge in [-0.3, -0.25) is 4.98 Å². The molecule has 16 heavy (non-hydrogen) atoms. The summed E-state index contributed by atoms with van der Waals surface area (Å²) >= 11 is 0. The number of hydrogen-bond acceptors (Lipinski definition) is 2. The van der Waals surface area contributed by atoms with E-state index in [1.54, 1.807) is 6.07 Å². The molecular formula is C13H21FN2. The maximum Gasteiger partial charge on any atom is 0.141 e. The number of nitrogens with one attached hydrogen (secondary N) is 1. The molecule has 0 aliphatic rings. The number of nitrogens with zero attached hydrogens (tertiary/aromatic N) is 1. The Morgan fingerprint density at radius 2 is 2.12 bits per heavy atom. The Morgan fingerprint density at radius 3 is 2.56 bits per heavy atom. The summed E-state index contributed by atoms with van der Waals surface area (Å²) in [6, 6.07) is 3.71. The highest BCUT2D eigenvalue weighted by atomic mass is 19.1. The van der Waals surface area contributed by atoms with Gasteiger partial charge in [-0.1, -0.05) is 20.3 Å². The summed E-state index contributed by atoms with van der Waals surface area (Å²) in [5.74, 6) is 0.0978. The second-order valence-corrected chi connectivity index (χ2v) is 4.10. The molecule has 3 heteroatoms. The van der Waals surface area contributed by atoms with Crippen LogP contribution < -0.4 is 5.32 Å². The monoisotopic (exact) mass is 224 g/mol. The lowest BCUT2D eigenvalue weighted by Gasteiger charge is -2.25. The molecule has 0 saturated carbocycles. The molecule has 1 rings (SSSR count). The molecule has 2 nitrogen and oxygen atoms in total. The molecule has 90 valence electrons. The van der Waals surface area contributed by atoms with Crippen LogP contribution in [-0.2, 0) is 0 Å². The molecule has 0 aliphatic carbocycles. The quantitative estimate of drug-likeness (QED) is 0.803. The van der Waals surface area contributed by atoms with Crippen LogP contribution in [0.5, 0.6) is 0 Å². The zero-order valence-corrected chi connectivity index (χ0v) is 10.3. The van der Waals surface area contributed by atoms with Gasteiger partial charge < -0.3 is 5.32 Å². The van der Waals surface area contributed by atoms with Gasteiger partial charge >= 0.3 is 0 Å². The normalized spacial score (nSPS) is 14.8. The Balaban J connectivity index is 2.83. The van der Waals surface area contributed by atoms with Crippen molar-refractivity contribution in [2.24, 2.45) is 0 Å². The van der Waals surface area contributed by atoms with Crippen LogP contribution in [0.15, 0.2) is 18.3 Å². The van der Waals surface area contributed by atoms with Gasteiger partial charge in [0.25, 0.3) is 0 Å². The number of likely N-dealkylation sites (N-methyl/N-ethyl adjacent to an activating group) is 1. The van der Waals surface area contributed by atoms with Crippen LogP contribution in [0.1, 0.15) is 44.7 Å². The van der Waals surface area contributed by atoms with Gasteiger partial charge in [-0.25, -0.2) is 4.39 Å². The van der Waals surface area contributed by atoms with Crippen molar-refractivity contribution in [1.29, 1.82) is 0 Å². The summed E-state index contributed by atoms with van der Waals surface area (Å²) in [7, 11) is 1.98. The highest BCUT2D eigenvalue weighted by Gasteiger charge is 2.20. The molecular weight excluding hydrogens is 203 g/mol. The highest BCUT2D eigenvalue weighted by molar-refractivity contribution is 5.12. The number of hydrogen-bond donors (Lipinski definition) is 1. The maximum atomic E-state index is 12.8. The van der Waals surface area contributed by atoms with Gasteiger partial charge in [0, 0.05) is 17.7 Å². The number of aromatic nitrogens is 1. The Morgan fingerprint density at radius 1 is 1.38 bits per heavy atom. The standard InChI is InChI=1S/C13H21FN2/c1-4-6-12(15-3)11(5-2)13-8-7-10(14)9-16-13/h7-9,11-12,15H,4-6H2,1-3H3. The summed E-state index contributed by atoms with van der Waals surface area (Å²) < 4.78 is 12.8. The number of rotatable bonds is 6. The predicted octanol–water partition coefficient (Wildman–Crippen LogP) is 3.10. The molecule has 0 amide bonds. The molecule has 1 N–H and O–H groups in total. The van der Waals surface area contributed by atoms with Crippen LogP contribution in [-0.4, -0.2) is 18.1 Å². The van der Waals surface area contributed by atoms with Crippen molar-refractivity contribution in [2.45, 2.75) is 45.1 Å². The third-order valence-corrected chi connectivity index (χ3v) is 3.03. The van der Waals surface area contributed by atoms with Crippen LogP contribution in [0.3, 0.4) is 0 Å². The summed E-state index contributed by atoms with van der Waals surface area (Å²) in [6.07, 6.45) is 4.58. The zero-order valence-electron chi connectivity index (χ0n) is 10.3. The minimum absolute atomic E-state index is 0.268. The molecule has 1 heterocycles. The summed E-state index contributed by atoms with van der Waals surface area (Å²) in [4.78, 5) is 4.19. The van der Waals surface area contributed by atoms with E-state index in [4.69, 9.17) is 0 Å². The summed E-state index contributed by atoms with van der Waals surface area (Å²) in [6.45, 7) is 4.32. The maximum absolute atomic E-state index is 12.8. The van der Waals surface area contributed by atoms with Crippen molar-refractivity contribution in [3.8, 4) is 0 Å². The van der Waals surface area contributed by atoms with E-state index in [2.05, 4.69) is 24.1 Å². The first-order valence-corrected chi connectivity index (χ1v) is 6.01. The molecule has 0 radical (unpaired) electrons. The van der Waals surface area contributed by atoms with Gasteiger partial charge in [-0.05, 0) is 32.0 Å². The molecule has 2 unspecified atom stereocenters. The Labute approximate surface area is 97.3 Å². The molecule has 0 fully saturated rings. The van der Waals surface area contributed by atoms with Crippen LogP contribution in [0, 0.1) is 5.82 Å². The van der Waals surface area contributed by atoms with E-state index in [9.17, 15) is 4.39 Å². The summed E-state index contributed by atoms with van der Waals surface area (Å²) in [5, 5.41) is 3.33. The van der Waals surface area contributed by atoms with Gasteiger partial charge in [-0.2, -0.15) is 0 Å². The van der Waals surface area contributed by atoms with Crippen LogP contribution in [0.4, 0.5) is 4.39 Å². The van der Waals surface area contributed by atoms with Crippen molar-refractivity contribution in [3.05, 3.63) is 29.8 Å². The van der Waals surface area contributed by atoms with Crippen molar-refractivity contribution in [3.63, 3.8) is 0 Å². The molecule has 0 bridgehead atoms. The van der Waals surface area contributed by atoms with E-state index < -0.39 is 0 Å². The predicted molar refractivity (Wildman–Crippen MR) is 65.0 cm³/mol. The Hall–Kier alpha value is -0.960. The lowest BCUT2D eigenvalue weighted by Crippen LogP contribution is -2.32. The van der Waals surface area contributed by atoms with E-state index in [-0.39, 0.29) is 5.82 Å². The lowest BCUT2D eigenvalue weighted by molar-refractivity contribution is 0.415. The van der Waals surface area contributed by atoms with Gasteiger partial charge in [0.1, 0.15) is 5.82 Å². The second kappa shape index (κ2) is 6.59. The topological polar surface area (TPSA) is 24.9 Å². The van der Waals surface area contributed by atoms with Crippen molar-refractivity contribution >= 4 is 0 Å².